The number of hydrogen-bond donors (Lipinski definition) is 0. The van der Waals surface area contributed by atoms with Gasteiger partial charge in [0.1, 0.15) is 0 Å². The molecule has 0 amide bonds. The highest BCUT2D eigenvalue weighted by Gasteiger charge is 2.29. The molecule has 0 spiro atoms. The van der Waals surface area contributed by atoms with Crippen molar-refractivity contribution in [3.8, 4) is 0 Å². The first kappa shape index (κ1) is 17.5. The summed E-state index contributed by atoms with van der Waals surface area (Å²) in [5, 5.41) is 0. The SMILES string of the molecule is CCCCCCCCCCC1OC(=O)c2ccccc2C(=O)O1. The summed E-state index contributed by atoms with van der Waals surface area (Å²) in [5.74, 6) is -0.952. The van der Waals surface area contributed by atoms with Gasteiger partial charge in [0.2, 0.25) is 6.29 Å². The van der Waals surface area contributed by atoms with Crippen LogP contribution in [0.5, 0.6) is 0 Å². The molecule has 0 N–H and O–H groups in total. The molecule has 1 aromatic rings. The number of ether oxygens (including phenoxy) is 2. The summed E-state index contributed by atoms with van der Waals surface area (Å²) in [6, 6.07) is 6.62. The molecule has 0 bridgehead atoms. The minimum absolute atomic E-state index is 0.288. The number of esters is 2. The molecule has 126 valence electrons. The topological polar surface area (TPSA) is 52.6 Å². The maximum Gasteiger partial charge on any atom is 0.342 e. The van der Waals surface area contributed by atoms with Crippen molar-refractivity contribution in [2.45, 2.75) is 71.0 Å². The van der Waals surface area contributed by atoms with Gasteiger partial charge in [-0.05, 0) is 18.6 Å². The monoisotopic (exact) mass is 318 g/mol. The van der Waals surface area contributed by atoms with Crippen molar-refractivity contribution in [1.29, 1.82) is 0 Å². The predicted octanol–water partition coefficient (Wildman–Crippen LogP) is 4.87. The Morgan fingerprint density at radius 2 is 1.26 bits per heavy atom. The van der Waals surface area contributed by atoms with Gasteiger partial charge in [-0.25, -0.2) is 9.59 Å². The quantitative estimate of drug-likeness (QED) is 0.481. The summed E-state index contributed by atoms with van der Waals surface area (Å²) >= 11 is 0. The van der Waals surface area contributed by atoms with Crippen LogP contribution in [0.25, 0.3) is 0 Å². The van der Waals surface area contributed by atoms with E-state index in [-0.39, 0.29) is 11.1 Å². The van der Waals surface area contributed by atoms with Crippen LogP contribution in [0, 0.1) is 0 Å². The molecule has 0 aliphatic carbocycles. The molecular formula is C19H26O4. The zero-order valence-corrected chi connectivity index (χ0v) is 13.9. The van der Waals surface area contributed by atoms with E-state index in [9.17, 15) is 9.59 Å². The number of benzene rings is 1. The number of rotatable bonds is 9. The van der Waals surface area contributed by atoms with Crippen LogP contribution in [-0.2, 0) is 9.47 Å². The van der Waals surface area contributed by atoms with E-state index in [2.05, 4.69) is 6.92 Å². The Hall–Kier alpha value is -1.84. The fourth-order valence-electron chi connectivity index (χ4n) is 2.79. The third-order valence-corrected chi connectivity index (χ3v) is 4.14. The molecule has 23 heavy (non-hydrogen) atoms. The Bertz CT molecular complexity index is 487. The van der Waals surface area contributed by atoms with E-state index in [0.717, 1.165) is 12.8 Å². The Balaban J connectivity index is 1.72. The number of hydrogen-bond acceptors (Lipinski definition) is 4. The Morgan fingerprint density at radius 1 is 0.783 bits per heavy atom. The van der Waals surface area contributed by atoms with Crippen molar-refractivity contribution >= 4 is 11.9 Å². The molecule has 4 nitrogen and oxygen atoms in total. The number of carbonyl (C=O) groups is 2. The lowest BCUT2D eigenvalue weighted by Gasteiger charge is -2.14. The van der Waals surface area contributed by atoms with Gasteiger partial charge < -0.3 is 9.47 Å². The third-order valence-electron chi connectivity index (χ3n) is 4.14. The molecule has 0 unspecified atom stereocenters. The van der Waals surface area contributed by atoms with Gasteiger partial charge in [0.15, 0.2) is 0 Å². The van der Waals surface area contributed by atoms with Crippen LogP contribution in [0.2, 0.25) is 0 Å². The highest BCUT2D eigenvalue weighted by molar-refractivity contribution is 6.04. The van der Waals surface area contributed by atoms with Crippen LogP contribution in [0.3, 0.4) is 0 Å². The van der Waals surface area contributed by atoms with Crippen LogP contribution >= 0.6 is 0 Å². The zero-order chi connectivity index (χ0) is 16.5. The zero-order valence-electron chi connectivity index (χ0n) is 13.9. The van der Waals surface area contributed by atoms with Gasteiger partial charge in [-0.2, -0.15) is 0 Å². The molecule has 1 aliphatic heterocycles. The first-order valence-corrected chi connectivity index (χ1v) is 8.73. The van der Waals surface area contributed by atoms with Crippen LogP contribution in [-0.4, -0.2) is 18.2 Å². The van der Waals surface area contributed by atoms with Gasteiger partial charge in [0, 0.05) is 6.42 Å². The van der Waals surface area contributed by atoms with Crippen molar-refractivity contribution in [3.05, 3.63) is 35.4 Å². The largest absolute Gasteiger partial charge is 0.422 e. The van der Waals surface area contributed by atoms with Crippen LogP contribution < -0.4 is 0 Å². The van der Waals surface area contributed by atoms with Gasteiger partial charge in [-0.3, -0.25) is 0 Å². The summed E-state index contributed by atoms with van der Waals surface area (Å²) in [5.41, 5.74) is 0.576. The molecule has 0 saturated carbocycles. The first-order valence-electron chi connectivity index (χ1n) is 8.73. The smallest absolute Gasteiger partial charge is 0.342 e. The number of unbranched alkanes of at least 4 members (excludes halogenated alkanes) is 7. The third kappa shape index (κ3) is 5.38. The van der Waals surface area contributed by atoms with Gasteiger partial charge in [0.25, 0.3) is 0 Å². The second-order valence-corrected chi connectivity index (χ2v) is 6.05. The van der Waals surface area contributed by atoms with Crippen molar-refractivity contribution in [1.82, 2.24) is 0 Å². The van der Waals surface area contributed by atoms with Gasteiger partial charge >= 0.3 is 11.9 Å². The van der Waals surface area contributed by atoms with Gasteiger partial charge in [-0.1, -0.05) is 64.0 Å². The summed E-state index contributed by atoms with van der Waals surface area (Å²) in [6.07, 6.45) is 9.38. The van der Waals surface area contributed by atoms with E-state index < -0.39 is 18.2 Å². The Labute approximate surface area is 138 Å². The normalized spacial score (nSPS) is 14.8. The summed E-state index contributed by atoms with van der Waals surface area (Å²) in [4.78, 5) is 24.1. The first-order chi connectivity index (χ1) is 11.2. The van der Waals surface area contributed by atoms with E-state index in [1.54, 1.807) is 24.3 Å². The van der Waals surface area contributed by atoms with Crippen molar-refractivity contribution < 1.29 is 19.1 Å². The maximum absolute atomic E-state index is 12.0. The minimum atomic E-state index is -0.762. The molecule has 0 fully saturated rings. The van der Waals surface area contributed by atoms with Gasteiger partial charge in [0.05, 0.1) is 11.1 Å². The van der Waals surface area contributed by atoms with E-state index in [4.69, 9.17) is 9.47 Å². The van der Waals surface area contributed by atoms with E-state index in [1.807, 2.05) is 0 Å². The summed E-state index contributed by atoms with van der Waals surface area (Å²) in [6.45, 7) is 2.22. The average molecular weight is 318 g/mol. The predicted molar refractivity (Wildman–Crippen MR) is 88.3 cm³/mol. The fraction of sp³-hybridized carbons (Fsp3) is 0.579. The number of fused-ring (bicyclic) bond motifs is 1. The molecule has 0 radical (unpaired) electrons. The molecule has 1 aliphatic rings. The fourth-order valence-corrected chi connectivity index (χ4v) is 2.79. The van der Waals surface area contributed by atoms with E-state index >= 15 is 0 Å². The molecule has 1 aromatic carbocycles. The second-order valence-electron chi connectivity index (χ2n) is 6.05. The Morgan fingerprint density at radius 3 is 1.78 bits per heavy atom. The lowest BCUT2D eigenvalue weighted by Crippen LogP contribution is -2.20. The summed E-state index contributed by atoms with van der Waals surface area (Å²) < 4.78 is 10.6. The standard InChI is InChI=1S/C19H26O4/c1-2-3-4-5-6-7-8-9-14-17-22-18(20)15-12-10-11-13-16(15)19(21)23-17/h10-13,17H,2-9,14H2,1H3. The van der Waals surface area contributed by atoms with Crippen molar-refractivity contribution in [3.63, 3.8) is 0 Å². The minimum Gasteiger partial charge on any atom is -0.422 e. The van der Waals surface area contributed by atoms with Gasteiger partial charge in [-0.15, -0.1) is 0 Å². The summed E-state index contributed by atoms with van der Waals surface area (Å²) in [7, 11) is 0. The molecule has 0 atom stereocenters. The second kappa shape index (κ2) is 9.33. The Kier molecular flexibility index (Phi) is 7.11. The highest BCUT2D eigenvalue weighted by Crippen LogP contribution is 2.21. The lowest BCUT2D eigenvalue weighted by atomic mass is 10.1. The van der Waals surface area contributed by atoms with Crippen LogP contribution in [0.15, 0.2) is 24.3 Å². The molecule has 1 heterocycles. The number of cyclic esters (lactones) is 2. The van der Waals surface area contributed by atoms with Crippen LogP contribution in [0.1, 0.15) is 85.4 Å². The van der Waals surface area contributed by atoms with Crippen molar-refractivity contribution in [2.75, 3.05) is 0 Å². The van der Waals surface area contributed by atoms with Crippen molar-refractivity contribution in [2.24, 2.45) is 0 Å². The highest BCUT2D eigenvalue weighted by atomic mass is 16.7. The van der Waals surface area contributed by atoms with E-state index in [0.29, 0.717) is 6.42 Å². The molecule has 2 rings (SSSR count). The molecule has 0 saturated heterocycles. The average Bonchev–Trinajstić information content (AvgIpc) is 2.68. The van der Waals surface area contributed by atoms with E-state index in [1.165, 1.54) is 38.5 Å². The molecular weight excluding hydrogens is 292 g/mol. The lowest BCUT2D eigenvalue weighted by molar-refractivity contribution is -0.0801. The van der Waals surface area contributed by atoms with Crippen LogP contribution in [0.4, 0.5) is 0 Å². The maximum atomic E-state index is 12.0. The molecule has 0 aromatic heterocycles. The molecule has 4 heteroatoms. The number of carbonyl (C=O) groups excluding carboxylic acids is 2.